The Morgan fingerprint density at radius 1 is 0.810 bits per heavy atom. The number of hydrogen-bond acceptors (Lipinski definition) is 0. The van der Waals surface area contributed by atoms with Crippen LogP contribution in [0.5, 0.6) is 0 Å². The van der Waals surface area contributed by atoms with Crippen LogP contribution in [-0.4, -0.2) is 0 Å². The van der Waals surface area contributed by atoms with Crippen LogP contribution < -0.4 is 0 Å². The third-order valence-electron chi connectivity index (χ3n) is 3.96. The summed E-state index contributed by atoms with van der Waals surface area (Å²) in [6, 6.07) is 12.8. The minimum Gasteiger partial charge on any atom is -0.204 e. The van der Waals surface area contributed by atoms with Gasteiger partial charge in [-0.25, -0.2) is 8.78 Å². The average Bonchev–Trinajstić information content (AvgIpc) is 2.48. The number of halogens is 2. The summed E-state index contributed by atoms with van der Waals surface area (Å²) in [7, 11) is 0. The summed E-state index contributed by atoms with van der Waals surface area (Å²) >= 11 is 0. The van der Waals surface area contributed by atoms with E-state index in [1.807, 2.05) is 0 Å². The van der Waals surface area contributed by atoms with Gasteiger partial charge in [-0.3, -0.25) is 0 Å². The van der Waals surface area contributed by atoms with Crippen LogP contribution in [-0.2, 0) is 12.8 Å². The summed E-state index contributed by atoms with van der Waals surface area (Å²) in [6.45, 7) is 4.31. The van der Waals surface area contributed by atoms with Crippen LogP contribution in [0.2, 0.25) is 0 Å². The Bertz CT molecular complexity index is 573. The van der Waals surface area contributed by atoms with E-state index in [9.17, 15) is 8.78 Å². The van der Waals surface area contributed by atoms with Crippen LogP contribution in [0.15, 0.2) is 42.5 Å². The molecule has 2 rings (SSSR count). The number of hydrogen-bond donors (Lipinski definition) is 0. The van der Waals surface area contributed by atoms with E-state index in [4.69, 9.17) is 0 Å². The maximum Gasteiger partial charge on any atom is 0.159 e. The van der Waals surface area contributed by atoms with Crippen molar-refractivity contribution in [1.82, 2.24) is 0 Å². The molecule has 1 atom stereocenters. The van der Waals surface area contributed by atoms with Crippen molar-refractivity contribution in [3.05, 3.63) is 70.8 Å². The Morgan fingerprint density at radius 2 is 1.38 bits per heavy atom. The fraction of sp³-hybridized carbons (Fsp3) is 0.368. The molecule has 0 N–H and O–H groups in total. The van der Waals surface area contributed by atoms with Crippen molar-refractivity contribution >= 4 is 0 Å². The highest BCUT2D eigenvalue weighted by atomic mass is 19.2. The zero-order valence-corrected chi connectivity index (χ0v) is 12.7. The lowest BCUT2D eigenvalue weighted by Gasteiger charge is -2.11. The zero-order valence-electron chi connectivity index (χ0n) is 12.7. The van der Waals surface area contributed by atoms with Crippen molar-refractivity contribution in [2.24, 2.45) is 5.92 Å². The van der Waals surface area contributed by atoms with Gasteiger partial charge in [0, 0.05) is 0 Å². The minimum absolute atomic E-state index is 0.569. The summed E-state index contributed by atoms with van der Waals surface area (Å²) in [5, 5.41) is 0. The van der Waals surface area contributed by atoms with Gasteiger partial charge in [0.25, 0.3) is 0 Å². The molecule has 0 radical (unpaired) electrons. The topological polar surface area (TPSA) is 0 Å². The number of aryl methyl sites for hydroxylation is 3. The lowest BCUT2D eigenvalue weighted by atomic mass is 9.94. The molecule has 0 fully saturated rings. The van der Waals surface area contributed by atoms with Crippen molar-refractivity contribution in [2.75, 3.05) is 0 Å². The highest BCUT2D eigenvalue weighted by Gasteiger charge is 2.06. The van der Waals surface area contributed by atoms with Gasteiger partial charge in [-0.1, -0.05) is 42.8 Å². The first-order valence-corrected chi connectivity index (χ1v) is 7.54. The van der Waals surface area contributed by atoms with E-state index < -0.39 is 11.6 Å². The van der Waals surface area contributed by atoms with Gasteiger partial charge < -0.3 is 0 Å². The molecule has 0 aliphatic rings. The second kappa shape index (κ2) is 7.35. The van der Waals surface area contributed by atoms with Gasteiger partial charge >= 0.3 is 0 Å². The van der Waals surface area contributed by atoms with Crippen LogP contribution in [0.25, 0.3) is 0 Å². The van der Waals surface area contributed by atoms with Gasteiger partial charge in [0.15, 0.2) is 11.6 Å². The molecule has 2 heteroatoms. The SMILES string of the molecule is Cc1ccc(CCC(C)CCc2ccc(F)c(F)c2)cc1. The van der Waals surface area contributed by atoms with Crippen LogP contribution >= 0.6 is 0 Å². The molecule has 0 nitrogen and oxygen atoms in total. The summed E-state index contributed by atoms with van der Waals surface area (Å²) in [5.41, 5.74) is 3.52. The van der Waals surface area contributed by atoms with Gasteiger partial charge in [0.05, 0.1) is 0 Å². The van der Waals surface area contributed by atoms with E-state index in [1.165, 1.54) is 23.3 Å². The Labute approximate surface area is 125 Å². The van der Waals surface area contributed by atoms with E-state index in [-0.39, 0.29) is 0 Å². The quantitative estimate of drug-likeness (QED) is 0.660. The molecule has 0 aliphatic heterocycles. The Kier molecular flexibility index (Phi) is 5.49. The van der Waals surface area contributed by atoms with Gasteiger partial charge in [-0.15, -0.1) is 0 Å². The van der Waals surface area contributed by atoms with Crippen molar-refractivity contribution in [3.8, 4) is 0 Å². The maximum atomic E-state index is 13.1. The first-order valence-electron chi connectivity index (χ1n) is 7.54. The van der Waals surface area contributed by atoms with Gasteiger partial charge in [0.1, 0.15) is 0 Å². The van der Waals surface area contributed by atoms with Crippen LogP contribution in [0.3, 0.4) is 0 Å². The van der Waals surface area contributed by atoms with Crippen molar-refractivity contribution in [1.29, 1.82) is 0 Å². The van der Waals surface area contributed by atoms with E-state index in [2.05, 4.69) is 38.1 Å². The molecule has 0 bridgehead atoms. The Hall–Kier alpha value is -1.70. The molecule has 0 aliphatic carbocycles. The first kappa shape index (κ1) is 15.7. The summed E-state index contributed by atoms with van der Waals surface area (Å²) in [4.78, 5) is 0. The molecule has 0 amide bonds. The molecular weight excluding hydrogens is 266 g/mol. The van der Waals surface area contributed by atoms with Crippen LogP contribution in [0.1, 0.15) is 36.5 Å². The van der Waals surface area contributed by atoms with Gasteiger partial charge in [-0.2, -0.15) is 0 Å². The third kappa shape index (κ3) is 4.96. The highest BCUT2D eigenvalue weighted by molar-refractivity contribution is 5.21. The van der Waals surface area contributed by atoms with Gasteiger partial charge in [0.2, 0.25) is 0 Å². The lowest BCUT2D eigenvalue weighted by molar-refractivity contribution is 0.486. The third-order valence-corrected chi connectivity index (χ3v) is 3.96. The van der Waals surface area contributed by atoms with Crippen LogP contribution in [0.4, 0.5) is 8.78 Å². The smallest absolute Gasteiger partial charge is 0.159 e. The van der Waals surface area contributed by atoms with Crippen molar-refractivity contribution < 1.29 is 8.78 Å². The second-order valence-corrected chi connectivity index (χ2v) is 5.92. The van der Waals surface area contributed by atoms with E-state index in [1.54, 1.807) is 6.07 Å². The van der Waals surface area contributed by atoms with E-state index in [0.717, 1.165) is 31.2 Å². The molecule has 2 aromatic carbocycles. The molecule has 0 aromatic heterocycles. The molecule has 0 saturated carbocycles. The molecule has 1 unspecified atom stereocenters. The molecule has 2 aromatic rings. The molecule has 0 saturated heterocycles. The van der Waals surface area contributed by atoms with E-state index in [0.29, 0.717) is 5.92 Å². The van der Waals surface area contributed by atoms with Gasteiger partial charge in [-0.05, 0) is 61.8 Å². The monoisotopic (exact) mass is 288 g/mol. The Balaban J connectivity index is 1.77. The minimum atomic E-state index is -0.772. The van der Waals surface area contributed by atoms with E-state index >= 15 is 0 Å². The molecule has 112 valence electrons. The summed E-state index contributed by atoms with van der Waals surface area (Å²) in [5.74, 6) is -0.953. The average molecular weight is 288 g/mol. The zero-order chi connectivity index (χ0) is 15.2. The fourth-order valence-electron chi connectivity index (χ4n) is 2.42. The molecule has 21 heavy (non-hydrogen) atoms. The number of benzene rings is 2. The molecule has 0 spiro atoms. The highest BCUT2D eigenvalue weighted by Crippen LogP contribution is 2.17. The van der Waals surface area contributed by atoms with Crippen molar-refractivity contribution in [2.45, 2.75) is 39.5 Å². The largest absolute Gasteiger partial charge is 0.204 e. The summed E-state index contributed by atoms with van der Waals surface area (Å²) < 4.78 is 26.0. The Morgan fingerprint density at radius 3 is 2.00 bits per heavy atom. The molecular formula is C19H22F2. The predicted octanol–water partition coefficient (Wildman–Crippen LogP) is 5.47. The molecule has 0 heterocycles. The fourth-order valence-corrected chi connectivity index (χ4v) is 2.42. The van der Waals surface area contributed by atoms with Crippen molar-refractivity contribution in [3.63, 3.8) is 0 Å². The first-order chi connectivity index (χ1) is 10.0. The summed E-state index contributed by atoms with van der Waals surface area (Å²) in [6.07, 6.45) is 3.98. The second-order valence-electron chi connectivity index (χ2n) is 5.92. The normalized spacial score (nSPS) is 12.4. The standard InChI is InChI=1S/C19H22F2/c1-14-3-7-16(8-4-14)9-5-15(2)6-10-17-11-12-18(20)19(21)13-17/h3-4,7-8,11-13,15H,5-6,9-10H2,1-2H3. The lowest BCUT2D eigenvalue weighted by Crippen LogP contribution is -2.00. The number of rotatable bonds is 6. The maximum absolute atomic E-state index is 13.1. The predicted molar refractivity (Wildman–Crippen MR) is 83.3 cm³/mol. The van der Waals surface area contributed by atoms with Crippen LogP contribution in [0, 0.1) is 24.5 Å².